The predicted octanol–water partition coefficient (Wildman–Crippen LogP) is 3.38. The normalized spacial score (nSPS) is 11.6. The van der Waals surface area contributed by atoms with Crippen LogP contribution in [0.4, 0.5) is 0 Å². The summed E-state index contributed by atoms with van der Waals surface area (Å²) in [5.41, 5.74) is 2.00. The van der Waals surface area contributed by atoms with Crippen LogP contribution in [0.1, 0.15) is 5.56 Å². The lowest BCUT2D eigenvalue weighted by molar-refractivity contribution is 0.333. The molecule has 0 aromatic heterocycles. The lowest BCUT2D eigenvalue weighted by atomic mass is 9.99. The molecule has 0 aliphatic rings. The summed E-state index contributed by atoms with van der Waals surface area (Å²) in [6.07, 6.45) is 9.33. The average molecular weight is 237 g/mol. The summed E-state index contributed by atoms with van der Waals surface area (Å²) in [4.78, 5) is 2.11. The van der Waals surface area contributed by atoms with Crippen molar-refractivity contribution >= 4 is 5.57 Å². The van der Waals surface area contributed by atoms with Crippen molar-refractivity contribution in [3.8, 4) is 12.3 Å². The third kappa shape index (κ3) is 3.48. The van der Waals surface area contributed by atoms with Gasteiger partial charge >= 0.3 is 0 Å². The van der Waals surface area contributed by atoms with E-state index in [2.05, 4.69) is 30.6 Å². The molecular weight excluding hydrogens is 218 g/mol. The summed E-state index contributed by atoms with van der Waals surface area (Å²) in [5.74, 6) is 2.80. The number of benzene rings is 1. The fraction of sp³-hybridized carbons (Fsp3) is 0.176. The molecule has 1 atom stereocenters. The second kappa shape index (κ2) is 7.32. The van der Waals surface area contributed by atoms with Gasteiger partial charge in [-0.25, -0.2) is 0 Å². The van der Waals surface area contributed by atoms with Gasteiger partial charge in [-0.2, -0.15) is 0 Å². The quantitative estimate of drug-likeness (QED) is 0.519. The Morgan fingerprint density at radius 3 is 2.22 bits per heavy atom. The van der Waals surface area contributed by atoms with Crippen molar-refractivity contribution in [1.29, 1.82) is 0 Å². The minimum Gasteiger partial charge on any atom is -0.279 e. The second-order valence-electron chi connectivity index (χ2n) is 3.99. The molecule has 0 spiro atoms. The Hall–Kier alpha value is -2.04. The third-order valence-corrected chi connectivity index (χ3v) is 2.72. The molecule has 0 saturated heterocycles. The summed E-state index contributed by atoms with van der Waals surface area (Å²) >= 11 is 0. The lowest BCUT2D eigenvalue weighted by Crippen LogP contribution is -2.35. The molecule has 1 heteroatoms. The van der Waals surface area contributed by atoms with E-state index in [4.69, 9.17) is 6.42 Å². The van der Waals surface area contributed by atoms with Crippen LogP contribution in [0.2, 0.25) is 0 Å². The van der Waals surface area contributed by atoms with E-state index < -0.39 is 0 Å². The van der Waals surface area contributed by atoms with E-state index in [0.29, 0.717) is 13.1 Å². The Labute approximate surface area is 110 Å². The number of hydrogen-bond donors (Lipinski definition) is 0. The van der Waals surface area contributed by atoms with Crippen LogP contribution in [0.5, 0.6) is 0 Å². The fourth-order valence-corrected chi connectivity index (χ4v) is 1.85. The topological polar surface area (TPSA) is 3.24 Å². The van der Waals surface area contributed by atoms with Gasteiger partial charge < -0.3 is 0 Å². The maximum Gasteiger partial charge on any atom is 0.0973 e. The zero-order valence-corrected chi connectivity index (χ0v) is 10.7. The molecule has 1 aromatic carbocycles. The monoisotopic (exact) mass is 237 g/mol. The maximum absolute atomic E-state index is 5.65. The average Bonchev–Trinajstić information content (AvgIpc) is 2.41. The fourth-order valence-electron chi connectivity index (χ4n) is 1.85. The zero-order valence-electron chi connectivity index (χ0n) is 10.7. The largest absolute Gasteiger partial charge is 0.279 e. The van der Waals surface area contributed by atoms with E-state index in [1.807, 2.05) is 42.5 Å². The highest BCUT2D eigenvalue weighted by atomic mass is 15.1. The Kier molecular flexibility index (Phi) is 5.70. The van der Waals surface area contributed by atoms with Gasteiger partial charge in [0.1, 0.15) is 0 Å². The molecule has 0 bridgehead atoms. The summed E-state index contributed by atoms with van der Waals surface area (Å²) in [6.45, 7) is 13.1. The zero-order chi connectivity index (χ0) is 13.4. The van der Waals surface area contributed by atoms with E-state index in [1.165, 1.54) is 0 Å². The number of nitrogens with zero attached hydrogens (tertiary/aromatic N) is 1. The van der Waals surface area contributed by atoms with Gasteiger partial charge in [0, 0.05) is 13.1 Å². The van der Waals surface area contributed by atoms with Gasteiger partial charge in [-0.05, 0) is 11.1 Å². The molecule has 0 amide bonds. The molecule has 0 saturated carbocycles. The molecule has 92 valence electrons. The van der Waals surface area contributed by atoms with Crippen molar-refractivity contribution in [2.75, 3.05) is 13.1 Å². The number of terminal acetylenes is 1. The Balaban J connectivity index is 2.94. The van der Waals surface area contributed by atoms with Crippen LogP contribution in [0, 0.1) is 12.3 Å². The van der Waals surface area contributed by atoms with E-state index >= 15 is 0 Å². The lowest BCUT2D eigenvalue weighted by Gasteiger charge is -2.27. The molecule has 1 unspecified atom stereocenters. The first-order chi connectivity index (χ1) is 8.74. The molecule has 1 aromatic rings. The van der Waals surface area contributed by atoms with E-state index in [-0.39, 0.29) is 6.04 Å². The molecule has 1 nitrogen and oxygen atoms in total. The molecule has 0 N–H and O–H groups in total. The van der Waals surface area contributed by atoms with Gasteiger partial charge in [-0.1, -0.05) is 55.0 Å². The van der Waals surface area contributed by atoms with E-state index in [0.717, 1.165) is 11.1 Å². The van der Waals surface area contributed by atoms with Gasteiger partial charge in [-0.15, -0.1) is 19.6 Å². The molecule has 0 heterocycles. The van der Waals surface area contributed by atoms with Crippen LogP contribution in [0.3, 0.4) is 0 Å². The van der Waals surface area contributed by atoms with Crippen molar-refractivity contribution in [2.24, 2.45) is 0 Å². The first-order valence-corrected chi connectivity index (χ1v) is 5.90. The van der Waals surface area contributed by atoms with Crippen LogP contribution in [0.15, 0.2) is 62.2 Å². The number of rotatable bonds is 7. The van der Waals surface area contributed by atoms with Crippen LogP contribution in [0.25, 0.3) is 5.57 Å². The first kappa shape index (κ1) is 14.0. The van der Waals surface area contributed by atoms with Crippen molar-refractivity contribution in [2.45, 2.75) is 6.04 Å². The standard InChI is InChI=1S/C17H19N/c1-5-13-18(14-6-2)17(7-3)15(4)16-11-9-8-10-12-16/h3,5-6,8-12,17H,1-2,4,13-14H2. The number of hydrogen-bond acceptors (Lipinski definition) is 1. The molecule has 0 aliphatic carbocycles. The molecule has 0 radical (unpaired) electrons. The highest BCUT2D eigenvalue weighted by molar-refractivity contribution is 5.70. The SMILES string of the molecule is C#CC(C(=C)c1ccccc1)N(CC=C)CC=C. The minimum atomic E-state index is -0.136. The van der Waals surface area contributed by atoms with Crippen LogP contribution in [-0.4, -0.2) is 24.0 Å². The second-order valence-corrected chi connectivity index (χ2v) is 3.99. The van der Waals surface area contributed by atoms with Crippen molar-refractivity contribution in [1.82, 2.24) is 4.90 Å². The smallest absolute Gasteiger partial charge is 0.0973 e. The first-order valence-electron chi connectivity index (χ1n) is 5.90. The maximum atomic E-state index is 5.65. The molecular formula is C17H19N. The molecule has 0 aliphatic heterocycles. The van der Waals surface area contributed by atoms with Crippen LogP contribution < -0.4 is 0 Å². The van der Waals surface area contributed by atoms with Crippen LogP contribution in [-0.2, 0) is 0 Å². The van der Waals surface area contributed by atoms with E-state index in [9.17, 15) is 0 Å². The summed E-state index contributed by atoms with van der Waals surface area (Å²) in [5, 5.41) is 0. The van der Waals surface area contributed by atoms with Gasteiger partial charge in [0.15, 0.2) is 0 Å². The highest BCUT2D eigenvalue weighted by Crippen LogP contribution is 2.20. The Morgan fingerprint density at radius 1 is 1.22 bits per heavy atom. The van der Waals surface area contributed by atoms with Gasteiger partial charge in [0.25, 0.3) is 0 Å². The minimum absolute atomic E-state index is 0.136. The molecule has 18 heavy (non-hydrogen) atoms. The highest BCUT2D eigenvalue weighted by Gasteiger charge is 2.17. The third-order valence-electron chi connectivity index (χ3n) is 2.72. The van der Waals surface area contributed by atoms with Crippen molar-refractivity contribution < 1.29 is 0 Å². The molecule has 1 rings (SSSR count). The van der Waals surface area contributed by atoms with Gasteiger partial charge in [0.2, 0.25) is 0 Å². The summed E-state index contributed by atoms with van der Waals surface area (Å²) < 4.78 is 0. The Bertz CT molecular complexity index is 440. The van der Waals surface area contributed by atoms with Crippen molar-refractivity contribution in [3.63, 3.8) is 0 Å². The Morgan fingerprint density at radius 2 is 1.78 bits per heavy atom. The molecule has 0 fully saturated rings. The van der Waals surface area contributed by atoms with Crippen molar-refractivity contribution in [3.05, 3.63) is 67.8 Å². The summed E-state index contributed by atoms with van der Waals surface area (Å²) in [6, 6.07) is 9.86. The van der Waals surface area contributed by atoms with E-state index in [1.54, 1.807) is 0 Å². The van der Waals surface area contributed by atoms with Crippen LogP contribution >= 0.6 is 0 Å². The summed E-state index contributed by atoms with van der Waals surface area (Å²) in [7, 11) is 0. The predicted molar refractivity (Wildman–Crippen MR) is 80.1 cm³/mol. The van der Waals surface area contributed by atoms with Gasteiger partial charge in [-0.3, -0.25) is 4.90 Å². The van der Waals surface area contributed by atoms with Gasteiger partial charge in [0.05, 0.1) is 6.04 Å².